The van der Waals surface area contributed by atoms with Crippen LogP contribution in [0.4, 0.5) is 0 Å². The first-order valence-electron chi connectivity index (χ1n) is 5.79. The number of imidazole rings is 1. The maximum absolute atomic E-state index is 10.7. The van der Waals surface area contributed by atoms with Crippen molar-refractivity contribution in [2.75, 3.05) is 5.75 Å². The van der Waals surface area contributed by atoms with Gasteiger partial charge in [-0.3, -0.25) is 4.79 Å². The summed E-state index contributed by atoms with van der Waals surface area (Å²) in [5.74, 6) is -0.897. The van der Waals surface area contributed by atoms with Crippen LogP contribution in [0.1, 0.15) is 25.5 Å². The van der Waals surface area contributed by atoms with E-state index in [0.29, 0.717) is 10.7 Å². The lowest BCUT2D eigenvalue weighted by Crippen LogP contribution is -2.05. The predicted molar refractivity (Wildman–Crippen MR) is 73.2 cm³/mol. The molecule has 0 bridgehead atoms. The van der Waals surface area contributed by atoms with E-state index in [1.807, 2.05) is 18.4 Å². The summed E-state index contributed by atoms with van der Waals surface area (Å²) in [6.07, 6.45) is 0. The van der Waals surface area contributed by atoms with Crippen LogP contribution in [0, 0.1) is 11.3 Å². The molecule has 0 aliphatic carbocycles. The first kappa shape index (κ1) is 13.4. The molecule has 0 aliphatic rings. The number of carboxylic acids is 1. The van der Waals surface area contributed by atoms with Gasteiger partial charge in [-0.25, -0.2) is 4.98 Å². The van der Waals surface area contributed by atoms with Gasteiger partial charge in [-0.15, -0.1) is 0 Å². The van der Waals surface area contributed by atoms with Crippen molar-refractivity contribution >= 4 is 28.8 Å². The number of hydrogen-bond donors (Lipinski definition) is 1. The van der Waals surface area contributed by atoms with Crippen molar-refractivity contribution in [3.8, 4) is 6.07 Å². The number of carboxylic acid groups (broad SMARTS) is 1. The second-order valence-corrected chi connectivity index (χ2v) is 5.30. The van der Waals surface area contributed by atoms with Crippen LogP contribution >= 0.6 is 11.8 Å². The molecule has 98 valence electrons. The van der Waals surface area contributed by atoms with Gasteiger partial charge in [0, 0.05) is 6.04 Å². The van der Waals surface area contributed by atoms with Gasteiger partial charge >= 0.3 is 5.97 Å². The van der Waals surface area contributed by atoms with Crippen molar-refractivity contribution in [2.45, 2.75) is 25.0 Å². The fraction of sp³-hybridized carbons (Fsp3) is 0.308. The number of aromatic nitrogens is 2. The van der Waals surface area contributed by atoms with Crippen LogP contribution in [0.15, 0.2) is 23.4 Å². The minimum Gasteiger partial charge on any atom is -0.481 e. The van der Waals surface area contributed by atoms with Crippen LogP contribution in [0.5, 0.6) is 0 Å². The average molecular weight is 275 g/mol. The number of nitrogens with zero attached hydrogens (tertiary/aromatic N) is 3. The van der Waals surface area contributed by atoms with Crippen LogP contribution in [-0.2, 0) is 4.79 Å². The molecule has 0 radical (unpaired) electrons. The molecule has 1 heterocycles. The smallest absolute Gasteiger partial charge is 0.313 e. The number of aliphatic carboxylic acids is 1. The lowest BCUT2D eigenvalue weighted by atomic mass is 10.2. The molecular weight excluding hydrogens is 262 g/mol. The molecule has 2 rings (SSSR count). The standard InChI is InChI=1S/C13H13N3O2S/c1-8(2)16-11-5-9(6-14)3-4-10(11)15-13(16)19-7-12(17)18/h3-5,8H,7H2,1-2H3,(H,17,18). The Hall–Kier alpha value is -2.00. The summed E-state index contributed by atoms with van der Waals surface area (Å²) in [5.41, 5.74) is 2.21. The molecule has 19 heavy (non-hydrogen) atoms. The van der Waals surface area contributed by atoms with Crippen molar-refractivity contribution in [2.24, 2.45) is 0 Å². The Morgan fingerprint density at radius 2 is 2.32 bits per heavy atom. The molecule has 6 heteroatoms. The van der Waals surface area contributed by atoms with E-state index >= 15 is 0 Å². The Kier molecular flexibility index (Phi) is 3.76. The topological polar surface area (TPSA) is 78.9 Å². The lowest BCUT2D eigenvalue weighted by molar-refractivity contribution is -0.133. The zero-order valence-electron chi connectivity index (χ0n) is 10.6. The van der Waals surface area contributed by atoms with Crippen molar-refractivity contribution < 1.29 is 9.90 Å². The van der Waals surface area contributed by atoms with Gasteiger partial charge in [0.25, 0.3) is 0 Å². The lowest BCUT2D eigenvalue weighted by Gasteiger charge is -2.11. The third kappa shape index (κ3) is 2.71. The summed E-state index contributed by atoms with van der Waals surface area (Å²) >= 11 is 1.19. The van der Waals surface area contributed by atoms with E-state index in [-0.39, 0.29) is 11.8 Å². The third-order valence-electron chi connectivity index (χ3n) is 2.63. The molecule has 1 aromatic heterocycles. The summed E-state index contributed by atoms with van der Waals surface area (Å²) in [6, 6.07) is 7.54. The number of benzene rings is 1. The number of thioether (sulfide) groups is 1. The molecule has 0 saturated carbocycles. The highest BCUT2D eigenvalue weighted by molar-refractivity contribution is 7.99. The van der Waals surface area contributed by atoms with E-state index in [2.05, 4.69) is 11.1 Å². The number of rotatable bonds is 4. The van der Waals surface area contributed by atoms with Crippen LogP contribution in [0.3, 0.4) is 0 Å². The monoisotopic (exact) mass is 275 g/mol. The minimum absolute atomic E-state index is 0.0266. The second kappa shape index (κ2) is 5.33. The van der Waals surface area contributed by atoms with Gasteiger partial charge in [0.15, 0.2) is 5.16 Å². The SMILES string of the molecule is CC(C)n1c(SCC(=O)O)nc2ccc(C#N)cc21. The predicted octanol–water partition coefficient (Wildman–Crippen LogP) is 2.67. The Balaban J connectivity index is 2.54. The molecule has 0 atom stereocenters. The van der Waals surface area contributed by atoms with Gasteiger partial charge in [-0.1, -0.05) is 11.8 Å². The third-order valence-corrected chi connectivity index (χ3v) is 3.56. The van der Waals surface area contributed by atoms with Gasteiger partial charge in [-0.05, 0) is 32.0 Å². The summed E-state index contributed by atoms with van der Waals surface area (Å²) in [4.78, 5) is 15.1. The molecule has 0 unspecified atom stereocenters. The molecule has 1 aromatic carbocycles. The fourth-order valence-electron chi connectivity index (χ4n) is 1.87. The molecule has 0 fully saturated rings. The number of fused-ring (bicyclic) bond motifs is 1. The van der Waals surface area contributed by atoms with E-state index in [4.69, 9.17) is 10.4 Å². The highest BCUT2D eigenvalue weighted by atomic mass is 32.2. The summed E-state index contributed by atoms with van der Waals surface area (Å²) in [5, 5.41) is 18.4. The van der Waals surface area contributed by atoms with Crippen molar-refractivity contribution in [3.05, 3.63) is 23.8 Å². The van der Waals surface area contributed by atoms with Crippen LogP contribution in [-0.4, -0.2) is 26.4 Å². The highest BCUT2D eigenvalue weighted by Gasteiger charge is 2.15. The Bertz CT molecular complexity index is 670. The van der Waals surface area contributed by atoms with Gasteiger partial charge in [0.05, 0.1) is 28.4 Å². The maximum Gasteiger partial charge on any atom is 0.313 e. The van der Waals surface area contributed by atoms with Crippen LogP contribution < -0.4 is 0 Å². The van der Waals surface area contributed by atoms with Gasteiger partial charge in [-0.2, -0.15) is 5.26 Å². The fourth-order valence-corrected chi connectivity index (χ4v) is 2.73. The number of nitriles is 1. The number of hydrogen-bond acceptors (Lipinski definition) is 4. The Morgan fingerprint density at radius 3 is 2.89 bits per heavy atom. The molecule has 5 nitrogen and oxygen atoms in total. The molecule has 0 saturated heterocycles. The largest absolute Gasteiger partial charge is 0.481 e. The zero-order chi connectivity index (χ0) is 14.0. The highest BCUT2D eigenvalue weighted by Crippen LogP contribution is 2.28. The van der Waals surface area contributed by atoms with Crippen molar-refractivity contribution in [1.29, 1.82) is 5.26 Å². The minimum atomic E-state index is -0.870. The molecule has 1 N–H and O–H groups in total. The Labute approximate surface area is 114 Å². The van der Waals surface area contributed by atoms with E-state index < -0.39 is 5.97 Å². The average Bonchev–Trinajstić information content (AvgIpc) is 2.73. The second-order valence-electron chi connectivity index (χ2n) is 4.36. The maximum atomic E-state index is 10.7. The normalized spacial score (nSPS) is 10.8. The number of carbonyl (C=O) groups is 1. The Morgan fingerprint density at radius 1 is 1.58 bits per heavy atom. The molecule has 0 spiro atoms. The van der Waals surface area contributed by atoms with Crippen molar-refractivity contribution in [3.63, 3.8) is 0 Å². The van der Waals surface area contributed by atoms with Gasteiger partial charge < -0.3 is 9.67 Å². The summed E-state index contributed by atoms with van der Waals surface area (Å²) < 4.78 is 1.96. The summed E-state index contributed by atoms with van der Waals surface area (Å²) in [6.45, 7) is 4.01. The molecule has 2 aromatic rings. The zero-order valence-corrected chi connectivity index (χ0v) is 11.4. The summed E-state index contributed by atoms with van der Waals surface area (Å²) in [7, 11) is 0. The first-order chi connectivity index (χ1) is 9.02. The van der Waals surface area contributed by atoms with E-state index in [1.165, 1.54) is 11.8 Å². The van der Waals surface area contributed by atoms with Gasteiger partial charge in [0.2, 0.25) is 0 Å². The van der Waals surface area contributed by atoms with E-state index in [1.54, 1.807) is 18.2 Å². The van der Waals surface area contributed by atoms with Crippen molar-refractivity contribution in [1.82, 2.24) is 9.55 Å². The van der Waals surface area contributed by atoms with Gasteiger partial charge in [0.1, 0.15) is 0 Å². The van der Waals surface area contributed by atoms with Crippen LogP contribution in [0.25, 0.3) is 11.0 Å². The quantitative estimate of drug-likeness (QED) is 0.868. The van der Waals surface area contributed by atoms with E-state index in [0.717, 1.165) is 11.0 Å². The van der Waals surface area contributed by atoms with E-state index in [9.17, 15) is 4.79 Å². The molecule has 0 aliphatic heterocycles. The molecular formula is C13H13N3O2S. The molecule has 0 amide bonds. The first-order valence-corrected chi connectivity index (χ1v) is 6.78. The van der Waals surface area contributed by atoms with Crippen LogP contribution in [0.2, 0.25) is 0 Å².